The van der Waals surface area contributed by atoms with Gasteiger partial charge in [0.1, 0.15) is 0 Å². The zero-order chi connectivity index (χ0) is 15.4. The predicted molar refractivity (Wildman–Crippen MR) is 84.9 cm³/mol. The fourth-order valence-electron chi connectivity index (χ4n) is 2.27. The van der Waals surface area contributed by atoms with Gasteiger partial charge in [0.2, 0.25) is 0 Å². The molecule has 114 valence electrons. The molecule has 0 spiro atoms. The molecule has 0 radical (unpaired) electrons. The monoisotopic (exact) mass is 296 g/mol. The molecule has 0 saturated heterocycles. The van der Waals surface area contributed by atoms with Crippen LogP contribution >= 0.6 is 0 Å². The van der Waals surface area contributed by atoms with Crippen LogP contribution < -0.4 is 0 Å². The summed E-state index contributed by atoms with van der Waals surface area (Å²) < 4.78 is 3.74. The summed E-state index contributed by atoms with van der Waals surface area (Å²) in [7, 11) is 4.12. The Morgan fingerprint density at radius 1 is 1.18 bits per heavy atom. The zero-order valence-corrected chi connectivity index (χ0v) is 12.9. The van der Waals surface area contributed by atoms with Crippen molar-refractivity contribution in [2.75, 3.05) is 20.6 Å². The highest BCUT2D eigenvalue weighted by Crippen LogP contribution is 2.11. The first-order chi connectivity index (χ1) is 10.7. The molecule has 3 aromatic rings. The van der Waals surface area contributed by atoms with Crippen LogP contribution in [0.5, 0.6) is 0 Å². The van der Waals surface area contributed by atoms with Gasteiger partial charge in [-0.2, -0.15) is 5.10 Å². The number of nitrogens with zero attached hydrogens (tertiary/aromatic N) is 6. The maximum absolute atomic E-state index is 4.26. The van der Waals surface area contributed by atoms with Gasteiger partial charge in [0, 0.05) is 31.6 Å². The number of likely N-dealkylation sites (N-methyl/N-ethyl adjacent to an activating group) is 1. The minimum Gasteiger partial charge on any atom is -0.309 e. The lowest BCUT2D eigenvalue weighted by molar-refractivity contribution is 0.411. The first kappa shape index (κ1) is 14.5. The van der Waals surface area contributed by atoms with E-state index in [2.05, 4.69) is 46.5 Å². The van der Waals surface area contributed by atoms with Crippen LogP contribution in [0.2, 0.25) is 0 Å². The van der Waals surface area contributed by atoms with E-state index in [4.69, 9.17) is 0 Å². The highest BCUT2D eigenvalue weighted by Gasteiger charge is 2.04. The Bertz CT molecular complexity index is 714. The Labute approximate surface area is 130 Å². The third-order valence-corrected chi connectivity index (χ3v) is 3.43. The van der Waals surface area contributed by atoms with Crippen LogP contribution in [0.4, 0.5) is 0 Å². The van der Waals surface area contributed by atoms with E-state index in [9.17, 15) is 0 Å². The van der Waals surface area contributed by atoms with Gasteiger partial charge in [-0.1, -0.05) is 17.3 Å². The van der Waals surface area contributed by atoms with Gasteiger partial charge in [-0.3, -0.25) is 0 Å². The lowest BCUT2D eigenvalue weighted by Gasteiger charge is -2.06. The van der Waals surface area contributed by atoms with Crippen LogP contribution in [0, 0.1) is 0 Å². The summed E-state index contributed by atoms with van der Waals surface area (Å²) in [5.41, 5.74) is 3.25. The van der Waals surface area contributed by atoms with Crippen molar-refractivity contribution in [3.8, 4) is 5.69 Å². The number of rotatable bonds is 6. The Kier molecular flexibility index (Phi) is 4.29. The Morgan fingerprint density at radius 3 is 2.86 bits per heavy atom. The smallest absolute Gasteiger partial charge is 0.0840 e. The second-order valence-corrected chi connectivity index (χ2v) is 5.58. The van der Waals surface area contributed by atoms with Crippen molar-refractivity contribution in [2.24, 2.45) is 0 Å². The first-order valence-corrected chi connectivity index (χ1v) is 7.33. The van der Waals surface area contributed by atoms with E-state index in [1.54, 1.807) is 6.20 Å². The quantitative estimate of drug-likeness (QED) is 0.693. The summed E-state index contributed by atoms with van der Waals surface area (Å²) in [6.07, 6.45) is 6.65. The molecule has 0 atom stereocenters. The molecule has 1 aromatic carbocycles. The summed E-state index contributed by atoms with van der Waals surface area (Å²) in [6.45, 7) is 1.69. The zero-order valence-electron chi connectivity index (χ0n) is 12.9. The molecule has 3 rings (SSSR count). The predicted octanol–water partition coefficient (Wildman–Crippen LogP) is 1.62. The fourth-order valence-corrected chi connectivity index (χ4v) is 2.27. The summed E-state index contributed by atoms with van der Waals surface area (Å²) in [6, 6.07) is 10.2. The summed E-state index contributed by atoms with van der Waals surface area (Å²) in [4.78, 5) is 2.15. The van der Waals surface area contributed by atoms with Gasteiger partial charge in [-0.25, -0.2) is 9.36 Å². The summed E-state index contributed by atoms with van der Waals surface area (Å²) >= 11 is 0. The maximum Gasteiger partial charge on any atom is 0.0840 e. The Morgan fingerprint density at radius 2 is 2.09 bits per heavy atom. The molecular formula is C16H20N6. The van der Waals surface area contributed by atoms with E-state index in [0.717, 1.165) is 24.3 Å². The molecular weight excluding hydrogens is 276 g/mol. The molecule has 6 nitrogen and oxygen atoms in total. The van der Waals surface area contributed by atoms with Crippen LogP contribution in [0.15, 0.2) is 48.9 Å². The molecule has 0 unspecified atom stereocenters. The number of benzene rings is 1. The van der Waals surface area contributed by atoms with Crippen molar-refractivity contribution >= 4 is 0 Å². The number of aromatic nitrogens is 5. The molecule has 0 saturated carbocycles. The third-order valence-electron chi connectivity index (χ3n) is 3.43. The fraction of sp³-hybridized carbons (Fsp3) is 0.312. The number of hydrogen-bond donors (Lipinski definition) is 0. The molecule has 0 aliphatic heterocycles. The van der Waals surface area contributed by atoms with Gasteiger partial charge >= 0.3 is 0 Å². The average molecular weight is 296 g/mol. The molecule has 0 bridgehead atoms. The van der Waals surface area contributed by atoms with Crippen LogP contribution in [0.25, 0.3) is 5.69 Å². The minimum atomic E-state index is 0.712. The van der Waals surface area contributed by atoms with Crippen molar-refractivity contribution in [1.29, 1.82) is 0 Å². The molecule has 0 aliphatic carbocycles. The second-order valence-electron chi connectivity index (χ2n) is 5.58. The van der Waals surface area contributed by atoms with Crippen molar-refractivity contribution in [2.45, 2.75) is 13.0 Å². The summed E-state index contributed by atoms with van der Waals surface area (Å²) in [5.74, 6) is 0. The molecule has 0 amide bonds. The van der Waals surface area contributed by atoms with E-state index in [0.29, 0.717) is 6.54 Å². The lowest BCUT2D eigenvalue weighted by Crippen LogP contribution is -2.15. The minimum absolute atomic E-state index is 0.712. The largest absolute Gasteiger partial charge is 0.309 e. The van der Waals surface area contributed by atoms with Crippen molar-refractivity contribution in [3.05, 3.63) is 60.2 Å². The molecule has 0 N–H and O–H groups in total. The van der Waals surface area contributed by atoms with E-state index >= 15 is 0 Å². The highest BCUT2D eigenvalue weighted by atomic mass is 15.4. The van der Waals surface area contributed by atoms with Crippen molar-refractivity contribution in [1.82, 2.24) is 29.7 Å². The van der Waals surface area contributed by atoms with Crippen LogP contribution in [0.1, 0.15) is 11.3 Å². The molecule has 6 heteroatoms. The van der Waals surface area contributed by atoms with Crippen molar-refractivity contribution in [3.63, 3.8) is 0 Å². The first-order valence-electron chi connectivity index (χ1n) is 7.33. The molecule has 0 aliphatic rings. The van der Waals surface area contributed by atoms with Crippen LogP contribution in [0.3, 0.4) is 0 Å². The van der Waals surface area contributed by atoms with Gasteiger partial charge in [-0.05, 0) is 37.9 Å². The lowest BCUT2D eigenvalue weighted by atomic mass is 10.2. The van der Waals surface area contributed by atoms with E-state index in [1.807, 2.05) is 40.0 Å². The van der Waals surface area contributed by atoms with E-state index < -0.39 is 0 Å². The van der Waals surface area contributed by atoms with Gasteiger partial charge < -0.3 is 4.90 Å². The Balaban J connectivity index is 1.69. The third kappa shape index (κ3) is 3.59. The second kappa shape index (κ2) is 6.53. The Hall–Kier alpha value is -2.47. The highest BCUT2D eigenvalue weighted by molar-refractivity contribution is 5.35. The van der Waals surface area contributed by atoms with E-state index in [-0.39, 0.29) is 0 Å². The van der Waals surface area contributed by atoms with Gasteiger partial charge in [0.15, 0.2) is 0 Å². The maximum atomic E-state index is 4.26. The average Bonchev–Trinajstić information content (AvgIpc) is 3.17. The van der Waals surface area contributed by atoms with Gasteiger partial charge in [-0.15, -0.1) is 5.10 Å². The van der Waals surface area contributed by atoms with Crippen LogP contribution in [-0.4, -0.2) is 50.3 Å². The van der Waals surface area contributed by atoms with Gasteiger partial charge in [0.25, 0.3) is 0 Å². The molecule has 2 aromatic heterocycles. The summed E-state index contributed by atoms with van der Waals surface area (Å²) in [5, 5.41) is 12.7. The molecule has 0 fully saturated rings. The SMILES string of the molecule is CN(C)CCc1cn(Cc2cccc(-n3cccn3)c2)nn1. The standard InChI is InChI=1S/C16H20N6/c1-20(2)10-7-15-13-21(19-18-15)12-14-5-3-6-16(11-14)22-9-4-8-17-22/h3-6,8-9,11,13H,7,10,12H2,1-2H3. The van der Waals surface area contributed by atoms with Crippen molar-refractivity contribution < 1.29 is 0 Å². The molecule has 2 heterocycles. The van der Waals surface area contributed by atoms with Gasteiger partial charge in [0.05, 0.1) is 17.9 Å². The molecule has 22 heavy (non-hydrogen) atoms. The van der Waals surface area contributed by atoms with Crippen LogP contribution in [-0.2, 0) is 13.0 Å². The normalized spacial score (nSPS) is 11.2. The van der Waals surface area contributed by atoms with E-state index in [1.165, 1.54) is 5.56 Å². The number of hydrogen-bond acceptors (Lipinski definition) is 4. The topological polar surface area (TPSA) is 51.8 Å².